The van der Waals surface area contributed by atoms with Crippen molar-refractivity contribution in [3.63, 3.8) is 0 Å². The Morgan fingerprint density at radius 1 is 1.54 bits per heavy atom. The van der Waals surface area contributed by atoms with Crippen LogP contribution in [0.3, 0.4) is 0 Å². The molecule has 4 nitrogen and oxygen atoms in total. The fourth-order valence-electron chi connectivity index (χ4n) is 0.423. The zero-order valence-electron chi connectivity index (χ0n) is 7.66. The number of carboxylic acid groups (broad SMARTS) is 1. The smallest absolute Gasteiger partial charge is 0.273 e. The van der Waals surface area contributed by atoms with Gasteiger partial charge in [-0.3, -0.25) is 16.0 Å². The number of methoxy groups -OCH3 is 1. The van der Waals surface area contributed by atoms with Gasteiger partial charge in [0.15, 0.2) is 5.97 Å². The molecule has 1 atom stereocenters. The Labute approximate surface area is 65.2 Å². The average Bonchev–Trinajstić information content (AvgIpc) is 1.99. The van der Waals surface area contributed by atoms with Crippen molar-refractivity contribution in [3.8, 4) is 0 Å². The quantitative estimate of drug-likeness (QED) is 0.341. The van der Waals surface area contributed by atoms with Gasteiger partial charge in [0.05, 0.1) is 7.11 Å². The SMILES string of the molecule is [CH2-]C(C[CH-]C(=O)OC)C(=O)O.[Rf].[Rf]. The van der Waals surface area contributed by atoms with E-state index >= 15 is 0 Å². The summed E-state index contributed by atoms with van der Waals surface area (Å²) >= 11 is 0. The van der Waals surface area contributed by atoms with E-state index in [1.54, 1.807) is 0 Å². The summed E-state index contributed by atoms with van der Waals surface area (Å²) in [6.45, 7) is 3.31. The number of hydrogen-bond donors (Lipinski definition) is 1. The molecule has 1 unspecified atom stereocenters. The van der Waals surface area contributed by atoms with E-state index in [4.69, 9.17) is 5.11 Å². The molecule has 0 aliphatic rings. The minimum Gasteiger partial charge on any atom is -0.491 e. The van der Waals surface area contributed by atoms with Crippen molar-refractivity contribution in [3.05, 3.63) is 13.3 Å². The Bertz CT molecular complexity index is 161. The largest absolute Gasteiger partial charge is 0.491 e. The second-order valence-electron chi connectivity index (χ2n) is 2.00. The zero-order valence-corrected chi connectivity index (χ0v) is 20.5. The first-order valence-corrected chi connectivity index (χ1v) is 3.05. The maximum atomic E-state index is 10.4. The van der Waals surface area contributed by atoms with Crippen LogP contribution < -0.4 is 0 Å². The molecule has 13 heavy (non-hydrogen) atoms. The Hall–Kier alpha value is -3.19. The summed E-state index contributed by atoms with van der Waals surface area (Å²) in [7, 11) is 1.23. The average molecular weight is 692 g/mol. The van der Waals surface area contributed by atoms with E-state index < -0.39 is 17.9 Å². The van der Waals surface area contributed by atoms with Gasteiger partial charge in [0.2, 0.25) is 0 Å². The predicted octanol–water partition coefficient (Wildman–Crippen LogP) is 0.289. The first-order valence-electron chi connectivity index (χ1n) is 3.05. The third-order valence-corrected chi connectivity index (χ3v) is 1.12. The van der Waals surface area contributed by atoms with Crippen molar-refractivity contribution in [1.82, 2.24) is 0 Å². The van der Waals surface area contributed by atoms with Gasteiger partial charge in [0, 0.05) is 0 Å². The molecule has 0 aromatic rings. The van der Waals surface area contributed by atoms with Gasteiger partial charge in [-0.2, -0.15) is 6.42 Å². The van der Waals surface area contributed by atoms with Gasteiger partial charge >= 0.3 is 0 Å². The van der Waals surface area contributed by atoms with Crippen LogP contribution in [-0.2, 0) is 14.3 Å². The zero-order chi connectivity index (χ0) is 8.85. The van der Waals surface area contributed by atoms with Gasteiger partial charge < -0.3 is 16.8 Å². The topological polar surface area (TPSA) is 63.6 Å². The third kappa shape index (κ3) is 6.70. The van der Waals surface area contributed by atoms with Crippen molar-refractivity contribution in [1.29, 1.82) is 0 Å². The van der Waals surface area contributed by atoms with E-state index in [1.165, 1.54) is 7.11 Å². The van der Waals surface area contributed by atoms with E-state index in [-0.39, 0.29) is 6.42 Å². The molecule has 68 valence electrons. The number of carboxylic acids is 1. The number of esters is 1. The predicted molar refractivity (Wildman–Crippen MR) is 37.4 cm³/mol. The first kappa shape index (κ1) is 16.4. The van der Waals surface area contributed by atoms with E-state index in [0.717, 1.165) is 6.42 Å². The Balaban J connectivity index is -0.000000500. The van der Waals surface area contributed by atoms with Crippen molar-refractivity contribution in [2.24, 2.45) is 5.92 Å². The molecule has 0 fully saturated rings. The van der Waals surface area contributed by atoms with Crippen molar-refractivity contribution < 1.29 is 19.4 Å². The maximum Gasteiger partial charge on any atom is 0.273 e. The molecule has 0 aromatic carbocycles. The minimum absolute atomic E-state index is 0. The van der Waals surface area contributed by atoms with Crippen LogP contribution in [0.5, 0.6) is 0 Å². The summed E-state index contributed by atoms with van der Waals surface area (Å²) < 4.78 is 4.27. The molecule has 0 radical (unpaired) electrons. The molecule has 0 rings (SSSR count). The van der Waals surface area contributed by atoms with Crippen LogP contribution in [0.2, 0.25) is 0 Å². The van der Waals surface area contributed by atoms with E-state index in [1.807, 2.05) is 0 Å². The molecule has 0 aromatic heterocycles. The summed E-state index contributed by atoms with van der Waals surface area (Å²) in [6.07, 6.45) is 1.26. The van der Waals surface area contributed by atoms with Crippen LogP contribution in [0.1, 0.15) is 6.42 Å². The molecule has 1 N–H and O–H groups in total. The monoisotopic (exact) mass is 692 g/mol. The summed E-state index contributed by atoms with van der Waals surface area (Å²) in [5.41, 5.74) is 0. The van der Waals surface area contributed by atoms with Crippen LogP contribution in [0.15, 0.2) is 0 Å². The molecule has 0 saturated heterocycles. The Morgan fingerprint density at radius 2 is 2.00 bits per heavy atom. The van der Waals surface area contributed by atoms with Crippen molar-refractivity contribution in [2.75, 3.05) is 7.11 Å². The fourth-order valence-corrected chi connectivity index (χ4v) is 0.423. The Morgan fingerprint density at radius 3 is 2.31 bits per heavy atom. The molecule has 0 heterocycles. The molecule has 0 saturated carbocycles. The third-order valence-electron chi connectivity index (χ3n) is 1.12. The first-order chi connectivity index (χ1) is 5.07. The van der Waals surface area contributed by atoms with E-state index in [2.05, 4.69) is 11.7 Å². The summed E-state index contributed by atoms with van der Waals surface area (Å²) in [6, 6.07) is 0. The molecule has 0 aliphatic carbocycles. The maximum absolute atomic E-state index is 10.4. The van der Waals surface area contributed by atoms with Crippen LogP contribution in [0.25, 0.3) is 0 Å². The second-order valence-corrected chi connectivity index (χ2v) is 2.00. The molecule has 6 heteroatoms. The molecule has 0 amide bonds. The molecular weight excluding hydrogens is 682 g/mol. The number of hydrogen-bond acceptors (Lipinski definition) is 3. The van der Waals surface area contributed by atoms with Gasteiger partial charge in [-0.1, -0.05) is 5.92 Å². The molecular formula is C7H10O4Rf2-2. The molecule has 0 aliphatic heterocycles. The van der Waals surface area contributed by atoms with Crippen molar-refractivity contribution >= 4 is 11.9 Å². The van der Waals surface area contributed by atoms with Crippen LogP contribution >= 0.6 is 0 Å². The van der Waals surface area contributed by atoms with Gasteiger partial charge in [0.1, 0.15) is 0 Å². The van der Waals surface area contributed by atoms with Crippen LogP contribution in [0.4, 0.5) is 0 Å². The Kier molecular flexibility index (Phi) is 8.74. The minimum atomic E-state index is -1.02. The number of aliphatic carboxylic acids is 1. The van der Waals surface area contributed by atoms with Gasteiger partial charge in [0.25, 0.3) is 5.97 Å². The van der Waals surface area contributed by atoms with E-state index in [9.17, 15) is 9.59 Å². The normalized spacial score (nSPS) is 10.0. The van der Waals surface area contributed by atoms with Crippen LogP contribution in [0, 0.1) is 19.3 Å². The molecule has 0 bridgehead atoms. The van der Waals surface area contributed by atoms with Gasteiger partial charge in [-0.25, -0.2) is 0 Å². The van der Waals surface area contributed by atoms with Gasteiger partial charge in [-0.15, -0.1) is 0 Å². The number of carbonyl (C=O) groups is 2. The number of rotatable bonds is 4. The van der Waals surface area contributed by atoms with E-state index in [0.29, 0.717) is 0 Å². The number of ether oxygens (including phenoxy) is 1. The second kappa shape index (κ2) is 6.92. The summed E-state index contributed by atoms with van der Waals surface area (Å²) in [5.74, 6) is -2.33. The van der Waals surface area contributed by atoms with Crippen molar-refractivity contribution in [2.45, 2.75) is 6.42 Å². The summed E-state index contributed by atoms with van der Waals surface area (Å²) in [5, 5.41) is 8.33. The van der Waals surface area contributed by atoms with Crippen LogP contribution in [-0.4, -0.2) is 24.2 Å². The number of carbonyl (C=O) groups excluding carboxylic acids is 1. The molecule has 0 spiro atoms. The fraction of sp³-hybridized carbons (Fsp3) is 0.429. The van der Waals surface area contributed by atoms with Gasteiger partial charge in [-0.05, 0) is 0 Å². The standard InChI is InChI=1S/C7H10O4.2Rf/c1-5(7(9)10)3-4-6(8)11-2;;/h4-5H,1,3H2,2H3,(H,9,10);;/q-2;;. The summed E-state index contributed by atoms with van der Waals surface area (Å²) in [4.78, 5) is 20.6.